The number of rotatable bonds is 5. The van der Waals surface area contributed by atoms with Gasteiger partial charge in [0.15, 0.2) is 5.58 Å². The number of carbonyl (C=O) groups excluding carboxylic acids is 1. The molecule has 1 N–H and O–H groups in total. The van der Waals surface area contributed by atoms with Gasteiger partial charge < -0.3 is 9.84 Å². The molecule has 0 fully saturated rings. The summed E-state index contributed by atoms with van der Waals surface area (Å²) in [5.74, 6) is -0.105. The van der Waals surface area contributed by atoms with E-state index >= 15 is 0 Å². The highest BCUT2D eigenvalue weighted by Crippen LogP contribution is 2.18. The molecule has 0 unspecified atom stereocenters. The molecule has 0 aliphatic heterocycles. The van der Waals surface area contributed by atoms with E-state index in [0.29, 0.717) is 17.8 Å². The SMILES string of the molecule is O=C(Cc1noc2ccccc12)NCc1ccnc(-c2ccncc2)c1. The minimum Gasteiger partial charge on any atom is -0.356 e. The van der Waals surface area contributed by atoms with E-state index in [1.54, 1.807) is 18.6 Å². The fourth-order valence-electron chi connectivity index (χ4n) is 2.75. The molecule has 3 heterocycles. The molecule has 0 saturated heterocycles. The molecule has 0 bridgehead atoms. The van der Waals surface area contributed by atoms with Crippen LogP contribution in [-0.4, -0.2) is 21.0 Å². The average molecular weight is 344 g/mol. The molecule has 26 heavy (non-hydrogen) atoms. The first-order chi connectivity index (χ1) is 12.8. The first kappa shape index (κ1) is 16.0. The molecule has 0 aliphatic rings. The van der Waals surface area contributed by atoms with Crippen LogP contribution >= 0.6 is 0 Å². The number of nitrogens with one attached hydrogen (secondary N) is 1. The van der Waals surface area contributed by atoms with Crippen molar-refractivity contribution in [3.8, 4) is 11.3 Å². The van der Waals surface area contributed by atoms with Crippen molar-refractivity contribution >= 4 is 16.9 Å². The summed E-state index contributed by atoms with van der Waals surface area (Å²) in [5.41, 5.74) is 4.14. The largest absolute Gasteiger partial charge is 0.356 e. The average Bonchev–Trinajstić information content (AvgIpc) is 3.10. The third-order valence-electron chi connectivity index (χ3n) is 4.07. The summed E-state index contributed by atoms with van der Waals surface area (Å²) in [7, 11) is 0. The standard InChI is InChI=1S/C20H16N4O2/c25-20(12-18-16-3-1-2-4-19(16)26-24-18)23-13-14-5-10-22-17(11-14)15-6-8-21-9-7-15/h1-11H,12-13H2,(H,23,25). The smallest absolute Gasteiger partial charge is 0.226 e. The first-order valence-corrected chi connectivity index (χ1v) is 8.25. The summed E-state index contributed by atoms with van der Waals surface area (Å²) < 4.78 is 5.23. The Morgan fingerprint density at radius 3 is 2.77 bits per heavy atom. The summed E-state index contributed by atoms with van der Waals surface area (Å²) in [6.45, 7) is 0.426. The number of fused-ring (bicyclic) bond motifs is 1. The normalized spacial score (nSPS) is 10.8. The summed E-state index contributed by atoms with van der Waals surface area (Å²) >= 11 is 0. The van der Waals surface area contributed by atoms with Crippen molar-refractivity contribution in [1.82, 2.24) is 20.4 Å². The van der Waals surface area contributed by atoms with Crippen molar-refractivity contribution in [1.29, 1.82) is 0 Å². The van der Waals surface area contributed by atoms with E-state index < -0.39 is 0 Å². The molecule has 6 heteroatoms. The molecule has 3 aromatic heterocycles. The molecule has 0 aliphatic carbocycles. The van der Waals surface area contributed by atoms with Gasteiger partial charge in [-0.05, 0) is 42.0 Å². The number of amides is 1. The van der Waals surface area contributed by atoms with E-state index in [2.05, 4.69) is 20.4 Å². The zero-order chi connectivity index (χ0) is 17.8. The Labute approximate surface area is 149 Å². The van der Waals surface area contributed by atoms with Gasteiger partial charge in [0.05, 0.1) is 12.1 Å². The van der Waals surface area contributed by atoms with Gasteiger partial charge in [0, 0.05) is 36.1 Å². The predicted molar refractivity (Wildman–Crippen MR) is 97.0 cm³/mol. The second-order valence-electron chi connectivity index (χ2n) is 5.86. The van der Waals surface area contributed by atoms with Gasteiger partial charge in [0.1, 0.15) is 5.69 Å². The van der Waals surface area contributed by atoms with E-state index in [1.807, 2.05) is 48.5 Å². The highest BCUT2D eigenvalue weighted by Gasteiger charge is 2.12. The van der Waals surface area contributed by atoms with E-state index in [4.69, 9.17) is 4.52 Å². The fourth-order valence-corrected chi connectivity index (χ4v) is 2.75. The maximum atomic E-state index is 12.3. The van der Waals surface area contributed by atoms with Gasteiger partial charge >= 0.3 is 0 Å². The number of carbonyl (C=O) groups is 1. The van der Waals surface area contributed by atoms with Crippen molar-refractivity contribution in [2.75, 3.05) is 0 Å². The highest BCUT2D eigenvalue weighted by atomic mass is 16.5. The van der Waals surface area contributed by atoms with Crippen molar-refractivity contribution in [3.05, 3.63) is 78.4 Å². The van der Waals surface area contributed by atoms with Gasteiger partial charge in [0.25, 0.3) is 0 Å². The Hall–Kier alpha value is -3.54. The van der Waals surface area contributed by atoms with Gasteiger partial charge in [-0.3, -0.25) is 14.8 Å². The van der Waals surface area contributed by atoms with Crippen LogP contribution < -0.4 is 5.32 Å². The summed E-state index contributed by atoms with van der Waals surface area (Å²) in [4.78, 5) is 20.6. The fraction of sp³-hybridized carbons (Fsp3) is 0.100. The molecule has 0 atom stereocenters. The Bertz CT molecular complexity index is 1040. The summed E-state index contributed by atoms with van der Waals surface area (Å²) in [5, 5.41) is 7.78. The van der Waals surface area contributed by atoms with Crippen molar-refractivity contribution in [2.45, 2.75) is 13.0 Å². The lowest BCUT2D eigenvalue weighted by atomic mass is 10.1. The quantitative estimate of drug-likeness (QED) is 0.601. The number of aromatic nitrogens is 3. The van der Waals surface area contributed by atoms with Gasteiger partial charge in [-0.15, -0.1) is 0 Å². The van der Waals surface area contributed by atoms with E-state index in [-0.39, 0.29) is 12.3 Å². The van der Waals surface area contributed by atoms with Crippen LogP contribution in [0, 0.1) is 0 Å². The molecular formula is C20H16N4O2. The van der Waals surface area contributed by atoms with Crippen LogP contribution in [0.15, 0.2) is 71.6 Å². The number of hydrogen-bond acceptors (Lipinski definition) is 5. The van der Waals surface area contributed by atoms with Gasteiger partial charge in [-0.2, -0.15) is 0 Å². The molecular weight excluding hydrogens is 328 g/mol. The predicted octanol–water partition coefficient (Wildman–Crippen LogP) is 3.14. The third-order valence-corrected chi connectivity index (χ3v) is 4.07. The van der Waals surface area contributed by atoms with Crippen LogP contribution in [0.5, 0.6) is 0 Å². The highest BCUT2D eigenvalue weighted by molar-refractivity contribution is 5.86. The molecule has 0 saturated carbocycles. The summed E-state index contributed by atoms with van der Waals surface area (Å²) in [6, 6.07) is 15.2. The van der Waals surface area contributed by atoms with Crippen LogP contribution in [0.1, 0.15) is 11.3 Å². The maximum Gasteiger partial charge on any atom is 0.226 e. The van der Waals surface area contributed by atoms with Crippen molar-refractivity contribution < 1.29 is 9.32 Å². The van der Waals surface area contributed by atoms with Gasteiger partial charge in [-0.25, -0.2) is 0 Å². The Balaban J connectivity index is 1.42. The monoisotopic (exact) mass is 344 g/mol. The van der Waals surface area contributed by atoms with Crippen LogP contribution in [-0.2, 0) is 17.8 Å². The second-order valence-corrected chi connectivity index (χ2v) is 5.86. The lowest BCUT2D eigenvalue weighted by Crippen LogP contribution is -2.24. The van der Waals surface area contributed by atoms with E-state index in [0.717, 1.165) is 22.2 Å². The molecule has 4 aromatic rings. The second kappa shape index (κ2) is 7.14. The Kier molecular flexibility index (Phi) is 4.38. The zero-order valence-electron chi connectivity index (χ0n) is 13.9. The van der Waals surface area contributed by atoms with Crippen molar-refractivity contribution in [2.24, 2.45) is 0 Å². The Morgan fingerprint density at radius 1 is 1.04 bits per heavy atom. The maximum absolute atomic E-state index is 12.3. The number of benzene rings is 1. The molecule has 0 spiro atoms. The van der Waals surface area contributed by atoms with Crippen molar-refractivity contribution in [3.63, 3.8) is 0 Å². The topological polar surface area (TPSA) is 80.9 Å². The number of para-hydroxylation sites is 1. The zero-order valence-corrected chi connectivity index (χ0v) is 13.9. The van der Waals surface area contributed by atoms with Crippen LogP contribution in [0.25, 0.3) is 22.2 Å². The van der Waals surface area contributed by atoms with E-state index in [1.165, 1.54) is 0 Å². The van der Waals surface area contributed by atoms with Crippen LogP contribution in [0.3, 0.4) is 0 Å². The summed E-state index contributed by atoms with van der Waals surface area (Å²) in [6.07, 6.45) is 5.38. The third kappa shape index (κ3) is 3.44. The first-order valence-electron chi connectivity index (χ1n) is 8.25. The van der Waals surface area contributed by atoms with Gasteiger partial charge in [0.2, 0.25) is 5.91 Å². The van der Waals surface area contributed by atoms with Crippen LogP contribution in [0.4, 0.5) is 0 Å². The lowest BCUT2D eigenvalue weighted by Gasteiger charge is -2.06. The minimum absolute atomic E-state index is 0.105. The minimum atomic E-state index is -0.105. The molecule has 1 amide bonds. The Morgan fingerprint density at radius 2 is 1.88 bits per heavy atom. The molecule has 128 valence electrons. The molecule has 4 rings (SSSR count). The van der Waals surface area contributed by atoms with Gasteiger partial charge in [-0.1, -0.05) is 17.3 Å². The van der Waals surface area contributed by atoms with E-state index in [9.17, 15) is 4.79 Å². The molecule has 6 nitrogen and oxygen atoms in total. The number of pyridine rings is 2. The molecule has 1 aromatic carbocycles. The molecule has 0 radical (unpaired) electrons. The number of nitrogens with zero attached hydrogens (tertiary/aromatic N) is 3. The number of hydrogen-bond donors (Lipinski definition) is 1. The van der Waals surface area contributed by atoms with Crippen LogP contribution in [0.2, 0.25) is 0 Å². The lowest BCUT2D eigenvalue weighted by molar-refractivity contribution is -0.120.